The van der Waals surface area contributed by atoms with Crippen molar-refractivity contribution in [1.29, 1.82) is 0 Å². The molecule has 9 heteroatoms. The van der Waals surface area contributed by atoms with Crippen LogP contribution < -0.4 is 5.32 Å². The van der Waals surface area contributed by atoms with Crippen LogP contribution in [0.3, 0.4) is 0 Å². The van der Waals surface area contributed by atoms with E-state index in [-0.39, 0.29) is 17.3 Å². The highest BCUT2D eigenvalue weighted by molar-refractivity contribution is 7.89. The van der Waals surface area contributed by atoms with Crippen molar-refractivity contribution in [3.05, 3.63) is 54.0 Å². The monoisotopic (exact) mass is 385 g/mol. The number of pyridine rings is 1. The molecule has 3 heterocycles. The predicted octanol–water partition coefficient (Wildman–Crippen LogP) is 1.78. The van der Waals surface area contributed by atoms with E-state index in [1.54, 1.807) is 42.6 Å². The summed E-state index contributed by atoms with van der Waals surface area (Å²) in [6.45, 7) is 3.62. The van der Waals surface area contributed by atoms with Gasteiger partial charge in [-0.05, 0) is 49.7 Å². The van der Waals surface area contributed by atoms with Crippen LogP contribution in [-0.4, -0.2) is 40.3 Å². The van der Waals surface area contributed by atoms with E-state index < -0.39 is 15.4 Å². The Bertz CT molecular complexity index is 1170. The molecule has 3 aromatic rings. The minimum Gasteiger partial charge on any atom is -0.325 e. The third-order valence-electron chi connectivity index (χ3n) is 4.94. The summed E-state index contributed by atoms with van der Waals surface area (Å²) in [5, 5.41) is 10.9. The molecule has 1 amide bonds. The number of sulfonamides is 1. The predicted molar refractivity (Wildman–Crippen MR) is 99.7 cm³/mol. The quantitative estimate of drug-likeness (QED) is 0.738. The van der Waals surface area contributed by atoms with Crippen LogP contribution in [0.25, 0.3) is 5.65 Å². The number of rotatable bonds is 4. The average molecular weight is 385 g/mol. The Balaban J connectivity index is 1.68. The van der Waals surface area contributed by atoms with Gasteiger partial charge in [0.25, 0.3) is 0 Å². The smallest absolute Gasteiger partial charge is 0.243 e. The fourth-order valence-electron chi connectivity index (χ4n) is 3.17. The summed E-state index contributed by atoms with van der Waals surface area (Å²) < 4.78 is 29.1. The Morgan fingerprint density at radius 3 is 2.74 bits per heavy atom. The minimum absolute atomic E-state index is 0.0746. The lowest BCUT2D eigenvalue weighted by atomic mass is 9.86. The number of hydrogen-bond acceptors (Lipinski definition) is 5. The minimum atomic E-state index is -3.76. The first-order chi connectivity index (χ1) is 12.7. The first-order valence-electron chi connectivity index (χ1n) is 8.42. The lowest BCUT2D eigenvalue weighted by Crippen LogP contribution is -2.28. The SMILES string of the molecule is CN(Cc1nnc2ccccn12)S(=O)(=O)c1ccc2c(c1)C(C)(C)C(=O)N2. The molecule has 1 aliphatic rings. The highest BCUT2D eigenvalue weighted by atomic mass is 32.2. The standard InChI is InChI=1S/C18H19N5O3S/c1-18(2)13-10-12(7-8-14(13)19-17(18)24)27(25,26)22(3)11-16-21-20-15-6-4-5-9-23(15)16/h4-10H,11H2,1-3H3,(H,19,24). The molecular formula is C18H19N5O3S. The zero-order chi connectivity index (χ0) is 19.4. The van der Waals surface area contributed by atoms with E-state index in [1.807, 2.05) is 12.1 Å². The van der Waals surface area contributed by atoms with E-state index >= 15 is 0 Å². The largest absolute Gasteiger partial charge is 0.325 e. The molecule has 4 rings (SSSR count). The van der Waals surface area contributed by atoms with Gasteiger partial charge < -0.3 is 5.32 Å². The van der Waals surface area contributed by atoms with Gasteiger partial charge in [-0.25, -0.2) is 8.42 Å². The maximum absolute atomic E-state index is 13.1. The third kappa shape index (κ3) is 2.70. The summed E-state index contributed by atoms with van der Waals surface area (Å²) >= 11 is 0. The van der Waals surface area contributed by atoms with Gasteiger partial charge in [0.2, 0.25) is 15.9 Å². The second kappa shape index (κ2) is 5.86. The molecule has 8 nitrogen and oxygen atoms in total. The molecule has 0 radical (unpaired) electrons. The number of nitrogens with one attached hydrogen (secondary N) is 1. The summed E-state index contributed by atoms with van der Waals surface area (Å²) in [7, 11) is -2.26. The molecule has 140 valence electrons. The van der Waals surface area contributed by atoms with Crippen LogP contribution in [0.2, 0.25) is 0 Å². The number of nitrogens with zero attached hydrogens (tertiary/aromatic N) is 4. The van der Waals surface area contributed by atoms with E-state index in [4.69, 9.17) is 0 Å². The molecule has 2 aromatic heterocycles. The van der Waals surface area contributed by atoms with Crippen molar-refractivity contribution < 1.29 is 13.2 Å². The van der Waals surface area contributed by atoms with Gasteiger partial charge in [0.15, 0.2) is 11.5 Å². The second-order valence-corrected chi connectivity index (χ2v) is 9.14. The van der Waals surface area contributed by atoms with Crippen LogP contribution >= 0.6 is 0 Å². The molecular weight excluding hydrogens is 366 g/mol. The number of hydrogen-bond donors (Lipinski definition) is 1. The number of anilines is 1. The van der Waals surface area contributed by atoms with E-state index in [1.165, 1.54) is 17.4 Å². The van der Waals surface area contributed by atoms with Crippen LogP contribution in [0.15, 0.2) is 47.5 Å². The summed E-state index contributed by atoms with van der Waals surface area (Å²) in [6, 6.07) is 10.2. The molecule has 0 spiro atoms. The lowest BCUT2D eigenvalue weighted by Gasteiger charge is -2.19. The van der Waals surface area contributed by atoms with Gasteiger partial charge in [0.05, 0.1) is 16.9 Å². The van der Waals surface area contributed by atoms with Crippen molar-refractivity contribution in [2.24, 2.45) is 0 Å². The van der Waals surface area contributed by atoms with Gasteiger partial charge in [-0.15, -0.1) is 10.2 Å². The molecule has 0 fully saturated rings. The Morgan fingerprint density at radius 1 is 1.19 bits per heavy atom. The Labute approximate surface area is 156 Å². The van der Waals surface area contributed by atoms with E-state index in [2.05, 4.69) is 15.5 Å². The van der Waals surface area contributed by atoms with Crippen molar-refractivity contribution in [1.82, 2.24) is 18.9 Å². The number of fused-ring (bicyclic) bond motifs is 2. The number of carbonyl (C=O) groups is 1. The average Bonchev–Trinajstić information content (AvgIpc) is 3.14. The number of aromatic nitrogens is 3. The van der Waals surface area contributed by atoms with Gasteiger partial charge >= 0.3 is 0 Å². The van der Waals surface area contributed by atoms with Crippen molar-refractivity contribution in [3.63, 3.8) is 0 Å². The zero-order valence-electron chi connectivity index (χ0n) is 15.2. The Morgan fingerprint density at radius 2 is 1.96 bits per heavy atom. The fraction of sp³-hybridized carbons (Fsp3) is 0.278. The van der Waals surface area contributed by atoms with E-state index in [0.717, 1.165) is 0 Å². The molecule has 0 saturated carbocycles. The summed E-state index contributed by atoms with van der Waals surface area (Å²) in [6.07, 6.45) is 1.79. The molecule has 0 unspecified atom stereocenters. The molecule has 0 saturated heterocycles. The van der Waals surface area contributed by atoms with E-state index in [9.17, 15) is 13.2 Å². The van der Waals surface area contributed by atoms with Crippen molar-refractivity contribution in [2.75, 3.05) is 12.4 Å². The maximum atomic E-state index is 13.1. The summed E-state index contributed by atoms with van der Waals surface area (Å²) in [5.74, 6) is 0.380. The molecule has 27 heavy (non-hydrogen) atoms. The molecule has 0 atom stereocenters. The van der Waals surface area contributed by atoms with Crippen LogP contribution in [0, 0.1) is 0 Å². The second-order valence-electron chi connectivity index (χ2n) is 7.09. The van der Waals surface area contributed by atoms with Crippen molar-refractivity contribution >= 4 is 27.3 Å². The summed E-state index contributed by atoms with van der Waals surface area (Å²) in [4.78, 5) is 12.2. The van der Waals surface area contributed by atoms with Crippen LogP contribution in [-0.2, 0) is 26.8 Å². The fourth-order valence-corrected chi connectivity index (χ4v) is 4.33. The first kappa shape index (κ1) is 17.6. The maximum Gasteiger partial charge on any atom is 0.243 e. The number of amides is 1. The molecule has 0 bridgehead atoms. The van der Waals surface area contributed by atoms with Gasteiger partial charge in [0, 0.05) is 18.9 Å². The number of benzene rings is 1. The van der Waals surface area contributed by atoms with Crippen LogP contribution in [0.5, 0.6) is 0 Å². The Hall–Kier alpha value is -2.78. The number of carbonyl (C=O) groups excluding carboxylic acids is 1. The molecule has 1 aromatic carbocycles. The van der Waals surface area contributed by atoms with Gasteiger partial charge in [-0.1, -0.05) is 6.07 Å². The highest BCUT2D eigenvalue weighted by Crippen LogP contribution is 2.38. The normalized spacial score (nSPS) is 15.9. The molecule has 1 N–H and O–H groups in total. The topological polar surface area (TPSA) is 96.7 Å². The van der Waals surface area contributed by atoms with Crippen LogP contribution in [0.1, 0.15) is 25.2 Å². The molecule has 0 aliphatic carbocycles. The molecule has 1 aliphatic heterocycles. The van der Waals surface area contributed by atoms with Gasteiger partial charge in [0.1, 0.15) is 0 Å². The van der Waals surface area contributed by atoms with Gasteiger partial charge in [-0.3, -0.25) is 9.20 Å². The first-order valence-corrected chi connectivity index (χ1v) is 9.86. The highest BCUT2D eigenvalue weighted by Gasteiger charge is 2.39. The third-order valence-corrected chi connectivity index (χ3v) is 6.74. The summed E-state index contributed by atoms with van der Waals surface area (Å²) in [5.41, 5.74) is 1.20. The zero-order valence-corrected chi connectivity index (χ0v) is 16.0. The van der Waals surface area contributed by atoms with Crippen molar-refractivity contribution in [3.8, 4) is 0 Å². The lowest BCUT2D eigenvalue weighted by molar-refractivity contribution is -0.119. The van der Waals surface area contributed by atoms with E-state index in [0.29, 0.717) is 22.7 Å². The van der Waals surface area contributed by atoms with Gasteiger partial charge in [-0.2, -0.15) is 4.31 Å². The van der Waals surface area contributed by atoms with Crippen molar-refractivity contribution in [2.45, 2.75) is 30.7 Å². The Kier molecular flexibility index (Phi) is 3.83. The van der Waals surface area contributed by atoms with Crippen LogP contribution in [0.4, 0.5) is 5.69 Å².